The number of carboxylic acid groups (broad SMARTS) is 1. The van der Waals surface area contributed by atoms with Gasteiger partial charge in [0.2, 0.25) is 0 Å². The van der Waals surface area contributed by atoms with Crippen LogP contribution in [0.25, 0.3) is 5.65 Å². The van der Waals surface area contributed by atoms with Gasteiger partial charge >= 0.3 is 5.97 Å². The molecule has 0 radical (unpaired) electrons. The third-order valence-electron chi connectivity index (χ3n) is 2.52. The SMILES string of the molecule is O=C(O)CCSSCCNC(=O)c1cccn2cnnc12. The topological polar surface area (TPSA) is 96.6 Å². The second kappa shape index (κ2) is 7.89. The Balaban J connectivity index is 1.73. The molecule has 7 nitrogen and oxygen atoms in total. The van der Waals surface area contributed by atoms with Gasteiger partial charge in [-0.3, -0.25) is 14.0 Å². The van der Waals surface area contributed by atoms with Crippen molar-refractivity contribution in [1.82, 2.24) is 19.9 Å². The molecular weight excluding hydrogens is 312 g/mol. The molecule has 2 rings (SSSR count). The molecule has 9 heteroatoms. The zero-order chi connectivity index (χ0) is 15.1. The van der Waals surface area contributed by atoms with Crippen LogP contribution < -0.4 is 5.32 Å². The minimum absolute atomic E-state index is 0.152. The molecule has 1 amide bonds. The summed E-state index contributed by atoms with van der Waals surface area (Å²) in [6.45, 7) is 0.513. The van der Waals surface area contributed by atoms with Gasteiger partial charge in [0.05, 0.1) is 12.0 Å². The Bertz CT molecular complexity index is 632. The number of aliphatic carboxylic acids is 1. The number of hydrogen-bond acceptors (Lipinski definition) is 6. The molecule has 0 spiro atoms. The van der Waals surface area contributed by atoms with Gasteiger partial charge in [0.25, 0.3) is 5.91 Å². The maximum Gasteiger partial charge on any atom is 0.304 e. The number of carbonyl (C=O) groups excluding carboxylic acids is 1. The zero-order valence-corrected chi connectivity index (χ0v) is 12.7. The lowest BCUT2D eigenvalue weighted by atomic mass is 10.2. The molecule has 2 heterocycles. The van der Waals surface area contributed by atoms with Crippen molar-refractivity contribution in [2.75, 3.05) is 18.1 Å². The summed E-state index contributed by atoms with van der Waals surface area (Å²) < 4.78 is 1.69. The van der Waals surface area contributed by atoms with Gasteiger partial charge in [0, 0.05) is 24.2 Å². The van der Waals surface area contributed by atoms with Crippen molar-refractivity contribution in [3.8, 4) is 0 Å². The summed E-state index contributed by atoms with van der Waals surface area (Å²) in [5.74, 6) is 0.293. The minimum atomic E-state index is -0.794. The quantitative estimate of drug-likeness (QED) is 0.558. The van der Waals surface area contributed by atoms with Crippen LogP contribution in [-0.2, 0) is 4.79 Å². The number of carboxylic acids is 1. The number of amides is 1. The highest BCUT2D eigenvalue weighted by Gasteiger charge is 2.11. The lowest BCUT2D eigenvalue weighted by Gasteiger charge is -2.05. The molecule has 0 atom stereocenters. The van der Waals surface area contributed by atoms with E-state index in [0.717, 1.165) is 0 Å². The Morgan fingerprint density at radius 3 is 2.95 bits per heavy atom. The van der Waals surface area contributed by atoms with Crippen molar-refractivity contribution in [3.63, 3.8) is 0 Å². The average Bonchev–Trinajstić information content (AvgIpc) is 2.93. The largest absolute Gasteiger partial charge is 0.481 e. The van der Waals surface area contributed by atoms with Gasteiger partial charge in [-0.15, -0.1) is 10.2 Å². The number of hydrogen-bond donors (Lipinski definition) is 2. The molecule has 0 aliphatic heterocycles. The van der Waals surface area contributed by atoms with E-state index in [1.54, 1.807) is 39.9 Å². The molecule has 0 bridgehead atoms. The van der Waals surface area contributed by atoms with Crippen LogP contribution in [0, 0.1) is 0 Å². The van der Waals surface area contributed by atoms with Gasteiger partial charge in [0.15, 0.2) is 5.65 Å². The van der Waals surface area contributed by atoms with Gasteiger partial charge in [-0.1, -0.05) is 21.6 Å². The summed E-state index contributed by atoms with van der Waals surface area (Å²) in [7, 11) is 3.03. The molecule has 2 aromatic heterocycles. The summed E-state index contributed by atoms with van der Waals surface area (Å²) in [5, 5.41) is 19.0. The number of fused-ring (bicyclic) bond motifs is 1. The monoisotopic (exact) mass is 326 g/mol. The first-order chi connectivity index (χ1) is 10.2. The van der Waals surface area contributed by atoms with E-state index in [2.05, 4.69) is 15.5 Å². The predicted octanol–water partition coefficient (Wildman–Crippen LogP) is 1.32. The molecule has 0 saturated heterocycles. The number of rotatable bonds is 8. The first kappa shape index (κ1) is 15.6. The zero-order valence-electron chi connectivity index (χ0n) is 11.1. The van der Waals surface area contributed by atoms with E-state index in [0.29, 0.717) is 29.3 Å². The van der Waals surface area contributed by atoms with Crippen molar-refractivity contribution in [3.05, 3.63) is 30.2 Å². The molecule has 2 aromatic rings. The van der Waals surface area contributed by atoms with Crippen molar-refractivity contribution >= 4 is 39.1 Å². The normalized spacial score (nSPS) is 10.7. The summed E-state index contributed by atoms with van der Waals surface area (Å²) in [4.78, 5) is 22.4. The van der Waals surface area contributed by atoms with E-state index in [1.165, 1.54) is 10.8 Å². The highest BCUT2D eigenvalue weighted by atomic mass is 33.1. The second-order valence-corrected chi connectivity index (χ2v) is 6.73. The number of aromatic nitrogens is 3. The van der Waals surface area contributed by atoms with Crippen molar-refractivity contribution < 1.29 is 14.7 Å². The molecule has 112 valence electrons. The third-order valence-corrected chi connectivity index (χ3v) is 4.93. The number of pyridine rings is 1. The Hall–Kier alpha value is -1.74. The summed E-state index contributed by atoms with van der Waals surface area (Å²) >= 11 is 0. The number of nitrogens with one attached hydrogen (secondary N) is 1. The molecule has 0 saturated carbocycles. The van der Waals surface area contributed by atoms with Gasteiger partial charge in [-0.2, -0.15) is 0 Å². The molecule has 0 aromatic carbocycles. The maximum absolute atomic E-state index is 12.0. The minimum Gasteiger partial charge on any atom is -0.481 e. The highest BCUT2D eigenvalue weighted by Crippen LogP contribution is 2.21. The smallest absolute Gasteiger partial charge is 0.304 e. The van der Waals surface area contributed by atoms with Crippen LogP contribution in [0.2, 0.25) is 0 Å². The molecule has 0 unspecified atom stereocenters. The fourth-order valence-electron chi connectivity index (χ4n) is 1.58. The molecule has 21 heavy (non-hydrogen) atoms. The molecule has 0 aliphatic carbocycles. The van der Waals surface area contributed by atoms with Crippen molar-refractivity contribution in [2.24, 2.45) is 0 Å². The first-order valence-corrected chi connectivity index (χ1v) is 8.70. The average molecular weight is 326 g/mol. The van der Waals surface area contributed by atoms with Gasteiger partial charge in [0.1, 0.15) is 6.33 Å². The van der Waals surface area contributed by atoms with Crippen LogP contribution in [0.3, 0.4) is 0 Å². The van der Waals surface area contributed by atoms with E-state index >= 15 is 0 Å². The van der Waals surface area contributed by atoms with Crippen molar-refractivity contribution in [2.45, 2.75) is 6.42 Å². The molecule has 0 fully saturated rings. The van der Waals surface area contributed by atoms with Crippen LogP contribution in [-0.4, -0.2) is 49.6 Å². The van der Waals surface area contributed by atoms with Crippen molar-refractivity contribution in [1.29, 1.82) is 0 Å². The summed E-state index contributed by atoms with van der Waals surface area (Å²) in [5.41, 5.74) is 1.01. The highest BCUT2D eigenvalue weighted by molar-refractivity contribution is 8.76. The molecule has 0 aliphatic rings. The van der Waals surface area contributed by atoms with E-state index in [9.17, 15) is 9.59 Å². The van der Waals surface area contributed by atoms with Crippen LogP contribution in [0.4, 0.5) is 0 Å². The van der Waals surface area contributed by atoms with Gasteiger partial charge < -0.3 is 10.4 Å². The second-order valence-electron chi connectivity index (χ2n) is 4.03. The Morgan fingerprint density at radius 1 is 1.33 bits per heavy atom. The van der Waals surface area contributed by atoms with Gasteiger partial charge in [-0.25, -0.2) is 0 Å². The van der Waals surface area contributed by atoms with E-state index < -0.39 is 5.97 Å². The fourth-order valence-corrected chi connectivity index (χ4v) is 3.46. The Kier molecular flexibility index (Phi) is 5.88. The fraction of sp³-hybridized carbons (Fsp3) is 0.333. The van der Waals surface area contributed by atoms with E-state index in [4.69, 9.17) is 5.11 Å². The molecule has 2 N–H and O–H groups in total. The first-order valence-electron chi connectivity index (χ1n) is 6.21. The van der Waals surface area contributed by atoms with Crippen LogP contribution in [0.15, 0.2) is 24.7 Å². The van der Waals surface area contributed by atoms with Crippen LogP contribution in [0.1, 0.15) is 16.8 Å². The van der Waals surface area contributed by atoms with Crippen LogP contribution >= 0.6 is 21.6 Å². The summed E-state index contributed by atoms with van der Waals surface area (Å²) in [6.07, 6.45) is 3.47. The number of nitrogens with zero attached hydrogens (tertiary/aromatic N) is 3. The van der Waals surface area contributed by atoms with Gasteiger partial charge in [-0.05, 0) is 12.1 Å². The molecular formula is C12H14N4O3S2. The van der Waals surface area contributed by atoms with E-state index in [1.807, 2.05) is 0 Å². The standard InChI is InChI=1S/C12H14N4O3S2/c17-10(18)3-6-20-21-7-4-13-12(19)9-2-1-5-16-8-14-15-11(9)16/h1-2,5,8H,3-4,6-7H2,(H,13,19)(H,17,18). The maximum atomic E-state index is 12.0. The Labute approximate surface area is 128 Å². The third kappa shape index (κ3) is 4.64. The predicted molar refractivity (Wildman–Crippen MR) is 82.5 cm³/mol. The van der Waals surface area contributed by atoms with E-state index in [-0.39, 0.29) is 12.3 Å². The van der Waals surface area contributed by atoms with Crippen LogP contribution in [0.5, 0.6) is 0 Å². The summed E-state index contributed by atoms with van der Waals surface area (Å²) in [6, 6.07) is 3.47. The lowest BCUT2D eigenvalue weighted by Crippen LogP contribution is -2.26. The lowest BCUT2D eigenvalue weighted by molar-refractivity contribution is -0.136. The Morgan fingerprint density at radius 2 is 2.14 bits per heavy atom. The number of carbonyl (C=O) groups is 2.